The highest BCUT2D eigenvalue weighted by Gasteiger charge is 2.37. The van der Waals surface area contributed by atoms with Crippen molar-refractivity contribution in [2.24, 2.45) is 0 Å². The van der Waals surface area contributed by atoms with Crippen LogP contribution in [0.2, 0.25) is 0 Å². The quantitative estimate of drug-likeness (QED) is 0.320. The molecule has 1 atom stereocenters. The van der Waals surface area contributed by atoms with Gasteiger partial charge in [0.05, 0.1) is 22.4 Å². The number of carbonyl (C=O) groups excluding carboxylic acids is 2. The van der Waals surface area contributed by atoms with Crippen LogP contribution in [0.5, 0.6) is 11.5 Å². The fourth-order valence-corrected chi connectivity index (χ4v) is 6.50. The van der Waals surface area contributed by atoms with Gasteiger partial charge < -0.3 is 15.4 Å². The Labute approximate surface area is 224 Å². The van der Waals surface area contributed by atoms with Crippen molar-refractivity contribution < 1.29 is 14.3 Å². The van der Waals surface area contributed by atoms with Gasteiger partial charge in [0, 0.05) is 31.4 Å². The molecule has 9 heteroatoms. The lowest BCUT2D eigenvalue weighted by Crippen LogP contribution is -2.38. The lowest BCUT2D eigenvalue weighted by atomic mass is 10.1. The molecular formula is C29H27N5O3S. The Bertz CT molecular complexity index is 1570. The van der Waals surface area contributed by atoms with Crippen molar-refractivity contribution in [2.45, 2.75) is 38.3 Å². The molecule has 0 spiro atoms. The summed E-state index contributed by atoms with van der Waals surface area (Å²) in [5.74, 6) is 1.29. The summed E-state index contributed by atoms with van der Waals surface area (Å²) in [5, 5.41) is 6.99. The van der Waals surface area contributed by atoms with E-state index in [-0.39, 0.29) is 18.0 Å². The summed E-state index contributed by atoms with van der Waals surface area (Å²) in [4.78, 5) is 36.7. The van der Waals surface area contributed by atoms with Crippen LogP contribution in [0.4, 0.5) is 21.9 Å². The van der Waals surface area contributed by atoms with Gasteiger partial charge in [-0.1, -0.05) is 18.2 Å². The Kier molecular flexibility index (Phi) is 5.56. The van der Waals surface area contributed by atoms with Crippen LogP contribution in [0.25, 0.3) is 10.2 Å². The van der Waals surface area contributed by atoms with Crippen LogP contribution >= 0.6 is 11.3 Å². The highest BCUT2D eigenvalue weighted by Crippen LogP contribution is 2.46. The molecule has 2 N–H and O–H groups in total. The van der Waals surface area contributed by atoms with Gasteiger partial charge in [0.1, 0.15) is 21.2 Å². The third-order valence-electron chi connectivity index (χ3n) is 7.46. The van der Waals surface area contributed by atoms with E-state index < -0.39 is 0 Å². The maximum atomic E-state index is 13.5. The van der Waals surface area contributed by atoms with Crippen molar-refractivity contribution in [3.63, 3.8) is 0 Å². The molecule has 4 heterocycles. The largest absolute Gasteiger partial charge is 0.457 e. The van der Waals surface area contributed by atoms with Gasteiger partial charge in [0.15, 0.2) is 0 Å². The second-order valence-electron chi connectivity index (χ2n) is 10.1. The van der Waals surface area contributed by atoms with E-state index in [1.165, 1.54) is 24.2 Å². The summed E-state index contributed by atoms with van der Waals surface area (Å²) in [6.45, 7) is 3.87. The molecule has 4 aromatic rings. The minimum Gasteiger partial charge on any atom is -0.457 e. The van der Waals surface area contributed by atoms with Crippen molar-refractivity contribution in [1.29, 1.82) is 0 Å². The number of aryl methyl sites for hydroxylation is 1. The molecule has 2 aromatic carbocycles. The summed E-state index contributed by atoms with van der Waals surface area (Å²) >= 11 is 1.32. The topological polar surface area (TPSA) is 86.8 Å². The number of nitrogens with one attached hydrogen (secondary N) is 2. The Morgan fingerprint density at radius 3 is 2.71 bits per heavy atom. The summed E-state index contributed by atoms with van der Waals surface area (Å²) < 4.78 is 5.97. The van der Waals surface area contributed by atoms with Crippen molar-refractivity contribution >= 4 is 50.6 Å². The molecular weight excluding hydrogens is 498 g/mol. The summed E-state index contributed by atoms with van der Waals surface area (Å²) in [6.07, 6.45) is 5.17. The number of likely N-dealkylation sites (tertiary alicyclic amines) is 1. The molecule has 3 aliphatic rings. The average molecular weight is 526 g/mol. The highest BCUT2D eigenvalue weighted by molar-refractivity contribution is 7.21. The Balaban J connectivity index is 1.19. The average Bonchev–Trinajstić information content (AvgIpc) is 3.55. The van der Waals surface area contributed by atoms with Crippen LogP contribution in [-0.4, -0.2) is 47.0 Å². The number of amides is 3. The van der Waals surface area contributed by atoms with E-state index in [0.717, 1.165) is 46.7 Å². The van der Waals surface area contributed by atoms with E-state index in [9.17, 15) is 9.59 Å². The van der Waals surface area contributed by atoms with Gasteiger partial charge in [-0.3, -0.25) is 14.6 Å². The van der Waals surface area contributed by atoms with E-state index in [4.69, 9.17) is 4.74 Å². The number of rotatable bonds is 6. The molecule has 1 saturated carbocycles. The zero-order valence-corrected chi connectivity index (χ0v) is 21.8. The number of hydrogen-bond donors (Lipinski definition) is 2. The number of thiophene rings is 1. The third kappa shape index (κ3) is 4.08. The predicted molar refractivity (Wildman–Crippen MR) is 149 cm³/mol. The van der Waals surface area contributed by atoms with Crippen LogP contribution < -0.4 is 20.3 Å². The summed E-state index contributed by atoms with van der Waals surface area (Å²) in [6, 6.07) is 17.6. The maximum Gasteiger partial charge on any atom is 0.331 e. The van der Waals surface area contributed by atoms with Gasteiger partial charge in [0.25, 0.3) is 5.91 Å². The van der Waals surface area contributed by atoms with E-state index in [0.29, 0.717) is 28.0 Å². The zero-order chi connectivity index (χ0) is 25.8. The van der Waals surface area contributed by atoms with Gasteiger partial charge in [0.2, 0.25) is 0 Å². The monoisotopic (exact) mass is 525 g/mol. The molecule has 0 radical (unpaired) electrons. The van der Waals surface area contributed by atoms with E-state index in [2.05, 4.69) is 20.5 Å². The van der Waals surface area contributed by atoms with Gasteiger partial charge in [-0.25, -0.2) is 9.78 Å². The first kappa shape index (κ1) is 23.2. The van der Waals surface area contributed by atoms with Crippen molar-refractivity contribution in [1.82, 2.24) is 15.2 Å². The van der Waals surface area contributed by atoms with Crippen LogP contribution in [-0.2, 0) is 0 Å². The fraction of sp³-hybridized carbons (Fsp3) is 0.276. The number of aromatic nitrogens is 1. The van der Waals surface area contributed by atoms with E-state index >= 15 is 0 Å². The molecule has 38 heavy (non-hydrogen) atoms. The SMILES string of the molecule is Cc1cc(Oc2ccccc2)ccc1N1C(=O)Nc2c(C(=O)N[C@@H]3CCN(C4CC4)C3)sc3nccc1c23. The first-order valence-corrected chi connectivity index (χ1v) is 13.8. The summed E-state index contributed by atoms with van der Waals surface area (Å²) in [5.41, 5.74) is 2.89. The maximum absolute atomic E-state index is 13.5. The minimum absolute atomic E-state index is 0.128. The molecule has 7 rings (SSSR count). The second-order valence-corrected chi connectivity index (χ2v) is 11.1. The Morgan fingerprint density at radius 1 is 1.08 bits per heavy atom. The second kappa shape index (κ2) is 9.11. The Hall–Kier alpha value is -3.95. The molecule has 2 aromatic heterocycles. The molecule has 8 nitrogen and oxygen atoms in total. The molecule has 0 unspecified atom stereocenters. The minimum atomic E-state index is -0.307. The molecule has 2 fully saturated rings. The predicted octanol–water partition coefficient (Wildman–Crippen LogP) is 6.05. The van der Waals surface area contributed by atoms with Crippen molar-refractivity contribution in [3.05, 3.63) is 71.2 Å². The van der Waals surface area contributed by atoms with E-state index in [1.807, 2.05) is 61.5 Å². The molecule has 2 aliphatic heterocycles. The smallest absolute Gasteiger partial charge is 0.331 e. The first-order valence-electron chi connectivity index (χ1n) is 13.0. The van der Waals surface area contributed by atoms with Crippen molar-refractivity contribution in [2.75, 3.05) is 23.3 Å². The number of nitrogens with zero attached hydrogens (tertiary/aromatic N) is 3. The number of benzene rings is 2. The molecule has 3 amide bonds. The van der Waals surface area contributed by atoms with Gasteiger partial charge in [-0.2, -0.15) is 0 Å². The summed E-state index contributed by atoms with van der Waals surface area (Å²) in [7, 11) is 0. The fourth-order valence-electron chi connectivity index (χ4n) is 5.48. The molecule has 0 bridgehead atoms. The number of urea groups is 1. The highest BCUT2D eigenvalue weighted by atomic mass is 32.1. The third-order valence-corrected chi connectivity index (χ3v) is 8.55. The van der Waals surface area contributed by atoms with Gasteiger partial charge >= 0.3 is 6.03 Å². The molecule has 1 aliphatic carbocycles. The van der Waals surface area contributed by atoms with E-state index in [1.54, 1.807) is 11.1 Å². The van der Waals surface area contributed by atoms with Crippen LogP contribution in [0.1, 0.15) is 34.5 Å². The zero-order valence-electron chi connectivity index (χ0n) is 20.9. The normalized spacial score (nSPS) is 19.0. The van der Waals surface area contributed by atoms with Crippen molar-refractivity contribution in [3.8, 4) is 11.5 Å². The number of ether oxygens (including phenoxy) is 1. The number of carbonyl (C=O) groups is 2. The van der Waals surface area contributed by atoms with Crippen LogP contribution in [0.3, 0.4) is 0 Å². The van der Waals surface area contributed by atoms with Crippen LogP contribution in [0, 0.1) is 6.92 Å². The Morgan fingerprint density at radius 2 is 1.92 bits per heavy atom. The number of anilines is 3. The molecule has 1 saturated heterocycles. The van der Waals surface area contributed by atoms with Gasteiger partial charge in [-0.15, -0.1) is 11.3 Å². The number of hydrogen-bond acceptors (Lipinski definition) is 6. The lowest BCUT2D eigenvalue weighted by Gasteiger charge is -2.29. The standard InChI is InChI=1S/C29H27N5O3S/c1-17-15-21(37-20-5-3-2-4-6-20)9-10-22(17)34-23-11-13-30-28-24(23)25(32-29(34)36)26(38-28)27(35)31-18-12-14-33(16-18)19-7-8-19/h2-6,9-11,13,15,18-19H,7-8,12,14,16H2,1H3,(H,31,35)(H,32,36)/t18-/m1/s1. The number of pyridine rings is 1. The lowest BCUT2D eigenvalue weighted by molar-refractivity contribution is 0.0942. The number of para-hydroxylation sites is 1. The van der Waals surface area contributed by atoms with Crippen LogP contribution in [0.15, 0.2) is 60.8 Å². The molecule has 192 valence electrons. The first-order chi connectivity index (χ1) is 18.5. The van der Waals surface area contributed by atoms with Gasteiger partial charge in [-0.05, 0) is 68.1 Å².